The highest BCUT2D eigenvalue weighted by Crippen LogP contribution is 2.18. The van der Waals surface area contributed by atoms with Gasteiger partial charge in [0, 0.05) is 23.3 Å². The van der Waals surface area contributed by atoms with Gasteiger partial charge in [0.1, 0.15) is 0 Å². The molecule has 1 aliphatic rings. The van der Waals surface area contributed by atoms with Gasteiger partial charge in [-0.3, -0.25) is 9.59 Å². The highest BCUT2D eigenvalue weighted by Gasteiger charge is 2.16. The fourth-order valence-electron chi connectivity index (χ4n) is 2.76. The minimum absolute atomic E-state index is 0.0618. The van der Waals surface area contributed by atoms with Crippen LogP contribution in [-0.4, -0.2) is 30.4 Å². The molecular formula is C18H27N3O2. The summed E-state index contributed by atoms with van der Waals surface area (Å²) >= 11 is 0. The van der Waals surface area contributed by atoms with Crippen LogP contribution in [0.3, 0.4) is 0 Å². The van der Waals surface area contributed by atoms with Crippen molar-refractivity contribution in [3.05, 3.63) is 29.8 Å². The van der Waals surface area contributed by atoms with Crippen LogP contribution in [0.5, 0.6) is 0 Å². The van der Waals surface area contributed by atoms with Crippen LogP contribution in [0, 0.1) is 0 Å². The second-order valence-electron chi connectivity index (χ2n) is 6.47. The van der Waals surface area contributed by atoms with E-state index in [0.29, 0.717) is 11.3 Å². The minimum Gasteiger partial charge on any atom is -0.349 e. The minimum atomic E-state index is -0.108. The Labute approximate surface area is 138 Å². The largest absolute Gasteiger partial charge is 0.349 e. The number of hydrogen-bond donors (Lipinski definition) is 3. The molecule has 5 heteroatoms. The zero-order valence-corrected chi connectivity index (χ0v) is 14.0. The van der Waals surface area contributed by atoms with Crippen LogP contribution in [0.15, 0.2) is 24.3 Å². The lowest BCUT2D eigenvalue weighted by molar-refractivity contribution is -0.115. The Morgan fingerprint density at radius 1 is 1.17 bits per heavy atom. The van der Waals surface area contributed by atoms with E-state index in [1.807, 2.05) is 13.8 Å². The molecule has 3 N–H and O–H groups in total. The van der Waals surface area contributed by atoms with Crippen molar-refractivity contribution < 1.29 is 9.59 Å². The summed E-state index contributed by atoms with van der Waals surface area (Å²) in [7, 11) is 0. The highest BCUT2D eigenvalue weighted by atomic mass is 16.2. The quantitative estimate of drug-likeness (QED) is 0.755. The predicted molar refractivity (Wildman–Crippen MR) is 92.5 cm³/mol. The number of anilines is 1. The number of nitrogens with one attached hydrogen (secondary N) is 3. The molecule has 126 valence electrons. The Morgan fingerprint density at radius 3 is 2.61 bits per heavy atom. The molecule has 23 heavy (non-hydrogen) atoms. The summed E-state index contributed by atoms with van der Waals surface area (Å²) in [5, 5.41) is 8.97. The lowest BCUT2D eigenvalue weighted by atomic mass is 9.95. The zero-order valence-electron chi connectivity index (χ0n) is 14.0. The maximum atomic E-state index is 12.3. The highest BCUT2D eigenvalue weighted by molar-refractivity contribution is 5.97. The number of carbonyl (C=O) groups is 2. The lowest BCUT2D eigenvalue weighted by Crippen LogP contribution is -2.36. The Hall–Kier alpha value is -1.88. The molecule has 1 saturated carbocycles. The van der Waals surface area contributed by atoms with E-state index < -0.39 is 0 Å². The monoisotopic (exact) mass is 317 g/mol. The van der Waals surface area contributed by atoms with Crippen LogP contribution in [0.1, 0.15) is 56.3 Å². The van der Waals surface area contributed by atoms with Crippen molar-refractivity contribution in [3.8, 4) is 0 Å². The molecule has 0 aromatic heterocycles. The van der Waals surface area contributed by atoms with E-state index in [-0.39, 0.29) is 30.4 Å². The summed E-state index contributed by atoms with van der Waals surface area (Å²) in [6.07, 6.45) is 5.75. The summed E-state index contributed by atoms with van der Waals surface area (Å²) in [6, 6.07) is 7.63. The lowest BCUT2D eigenvalue weighted by Gasteiger charge is -2.22. The van der Waals surface area contributed by atoms with Crippen molar-refractivity contribution in [1.82, 2.24) is 10.6 Å². The molecule has 0 bridgehead atoms. The number of carbonyl (C=O) groups excluding carboxylic acids is 2. The van der Waals surface area contributed by atoms with Crippen molar-refractivity contribution in [2.45, 2.75) is 58.0 Å². The van der Waals surface area contributed by atoms with Gasteiger partial charge in [-0.2, -0.15) is 0 Å². The second-order valence-corrected chi connectivity index (χ2v) is 6.47. The first kappa shape index (κ1) is 17.5. The van der Waals surface area contributed by atoms with Crippen molar-refractivity contribution in [2.24, 2.45) is 0 Å². The smallest absolute Gasteiger partial charge is 0.251 e. The predicted octanol–water partition coefficient (Wildman–Crippen LogP) is 2.69. The first-order valence-electron chi connectivity index (χ1n) is 8.49. The van der Waals surface area contributed by atoms with Crippen LogP contribution < -0.4 is 16.0 Å². The van der Waals surface area contributed by atoms with Gasteiger partial charge in [0.05, 0.1) is 6.54 Å². The van der Waals surface area contributed by atoms with E-state index in [2.05, 4.69) is 16.0 Å². The van der Waals surface area contributed by atoms with Crippen molar-refractivity contribution >= 4 is 17.5 Å². The standard InChI is InChI=1S/C18H27N3O2/c1-13(2)19-12-17(22)20-16-10-6-7-14(11-16)18(23)21-15-8-4-3-5-9-15/h6-7,10-11,13,15,19H,3-5,8-9,12H2,1-2H3,(H,20,22)(H,21,23). The number of benzene rings is 1. The third kappa shape index (κ3) is 6.02. The molecule has 1 aliphatic carbocycles. The Morgan fingerprint density at radius 2 is 1.91 bits per heavy atom. The number of amides is 2. The van der Waals surface area contributed by atoms with Crippen LogP contribution in [0.4, 0.5) is 5.69 Å². The van der Waals surface area contributed by atoms with Gasteiger partial charge in [-0.25, -0.2) is 0 Å². The molecule has 0 heterocycles. The van der Waals surface area contributed by atoms with Crippen molar-refractivity contribution in [1.29, 1.82) is 0 Å². The van der Waals surface area contributed by atoms with Gasteiger partial charge in [-0.05, 0) is 31.0 Å². The summed E-state index contributed by atoms with van der Waals surface area (Å²) < 4.78 is 0. The molecule has 0 spiro atoms. The van der Waals surface area contributed by atoms with E-state index in [4.69, 9.17) is 0 Å². The molecule has 2 amide bonds. The maximum Gasteiger partial charge on any atom is 0.251 e. The molecule has 1 aromatic rings. The molecule has 1 aromatic carbocycles. The molecule has 0 aliphatic heterocycles. The van der Waals surface area contributed by atoms with Crippen LogP contribution >= 0.6 is 0 Å². The van der Waals surface area contributed by atoms with Crippen LogP contribution in [-0.2, 0) is 4.79 Å². The van der Waals surface area contributed by atoms with Gasteiger partial charge in [0.2, 0.25) is 5.91 Å². The molecule has 0 radical (unpaired) electrons. The molecule has 5 nitrogen and oxygen atoms in total. The molecule has 2 rings (SSSR count). The number of rotatable bonds is 6. The van der Waals surface area contributed by atoms with Gasteiger partial charge < -0.3 is 16.0 Å². The molecular weight excluding hydrogens is 290 g/mol. The average Bonchev–Trinajstić information content (AvgIpc) is 2.54. The summed E-state index contributed by atoms with van der Waals surface area (Å²) in [5.74, 6) is -0.170. The first-order valence-corrected chi connectivity index (χ1v) is 8.49. The topological polar surface area (TPSA) is 70.2 Å². The summed E-state index contributed by atoms with van der Waals surface area (Å²) in [4.78, 5) is 24.2. The van der Waals surface area contributed by atoms with E-state index in [9.17, 15) is 9.59 Å². The van der Waals surface area contributed by atoms with Gasteiger partial charge in [0.15, 0.2) is 0 Å². The van der Waals surface area contributed by atoms with Crippen LogP contribution in [0.2, 0.25) is 0 Å². The fraction of sp³-hybridized carbons (Fsp3) is 0.556. The fourth-order valence-corrected chi connectivity index (χ4v) is 2.76. The zero-order chi connectivity index (χ0) is 16.7. The Balaban J connectivity index is 1.90. The van der Waals surface area contributed by atoms with Crippen molar-refractivity contribution in [3.63, 3.8) is 0 Å². The van der Waals surface area contributed by atoms with Gasteiger partial charge >= 0.3 is 0 Å². The number of hydrogen-bond acceptors (Lipinski definition) is 3. The normalized spacial score (nSPS) is 15.4. The van der Waals surface area contributed by atoms with Gasteiger partial charge in [0.25, 0.3) is 5.91 Å². The first-order chi connectivity index (χ1) is 11.0. The Kier molecular flexibility index (Phi) is 6.59. The second kappa shape index (κ2) is 8.67. The van der Waals surface area contributed by atoms with E-state index in [1.165, 1.54) is 19.3 Å². The van der Waals surface area contributed by atoms with E-state index in [1.54, 1.807) is 24.3 Å². The average molecular weight is 317 g/mol. The molecule has 0 saturated heterocycles. The molecule has 1 fully saturated rings. The van der Waals surface area contributed by atoms with Crippen LogP contribution in [0.25, 0.3) is 0 Å². The maximum absolute atomic E-state index is 12.3. The summed E-state index contributed by atoms with van der Waals surface area (Å²) in [5.41, 5.74) is 1.24. The third-order valence-corrected chi connectivity index (χ3v) is 4.02. The van der Waals surface area contributed by atoms with Gasteiger partial charge in [-0.15, -0.1) is 0 Å². The van der Waals surface area contributed by atoms with E-state index >= 15 is 0 Å². The Bertz CT molecular complexity index is 537. The third-order valence-electron chi connectivity index (χ3n) is 4.02. The van der Waals surface area contributed by atoms with Crippen molar-refractivity contribution in [2.75, 3.05) is 11.9 Å². The summed E-state index contributed by atoms with van der Waals surface area (Å²) in [6.45, 7) is 4.24. The van der Waals surface area contributed by atoms with E-state index in [0.717, 1.165) is 12.8 Å². The van der Waals surface area contributed by atoms with Gasteiger partial charge in [-0.1, -0.05) is 39.2 Å². The molecule has 0 atom stereocenters. The SMILES string of the molecule is CC(C)NCC(=O)Nc1cccc(C(=O)NC2CCCCC2)c1. The molecule has 0 unspecified atom stereocenters.